The Labute approximate surface area is 134 Å². The molecule has 4 heteroatoms. The number of anilines is 1. The first-order chi connectivity index (χ1) is 11.2. The van der Waals surface area contributed by atoms with Gasteiger partial charge in [-0.15, -0.1) is 0 Å². The van der Waals surface area contributed by atoms with Gasteiger partial charge in [0, 0.05) is 12.1 Å². The van der Waals surface area contributed by atoms with Crippen molar-refractivity contribution in [1.29, 1.82) is 0 Å². The van der Waals surface area contributed by atoms with Crippen molar-refractivity contribution in [2.24, 2.45) is 7.05 Å². The predicted octanol–water partition coefficient (Wildman–Crippen LogP) is 4.01. The van der Waals surface area contributed by atoms with Crippen molar-refractivity contribution < 1.29 is 13.7 Å². The van der Waals surface area contributed by atoms with E-state index in [1.807, 2.05) is 79.2 Å². The zero-order chi connectivity index (χ0) is 15.8. The number of allylic oxidation sites excluding steroid dienone is 2. The molecule has 0 amide bonds. The number of nitrogens with zero attached hydrogens (tertiary/aromatic N) is 1. The van der Waals surface area contributed by atoms with Crippen LogP contribution in [-0.2, 0) is 7.05 Å². The van der Waals surface area contributed by atoms with Gasteiger partial charge in [-0.25, -0.2) is 0 Å². The fourth-order valence-corrected chi connectivity index (χ4v) is 2.69. The zero-order valence-electron chi connectivity index (χ0n) is 13.0. The number of oxazole rings is 1. The van der Waals surface area contributed by atoms with Gasteiger partial charge in [0.25, 0.3) is 5.52 Å². The maximum absolute atomic E-state index is 5.89. The molecule has 0 aliphatic carbocycles. The van der Waals surface area contributed by atoms with Gasteiger partial charge in [0.1, 0.15) is 7.05 Å². The van der Waals surface area contributed by atoms with Crippen LogP contribution in [0.1, 0.15) is 12.8 Å². The van der Waals surface area contributed by atoms with E-state index in [-0.39, 0.29) is 0 Å². The Morgan fingerprint density at radius 1 is 1.09 bits per heavy atom. The number of hydrogen-bond donors (Lipinski definition) is 1. The highest BCUT2D eigenvalue weighted by Crippen LogP contribution is 2.33. The van der Waals surface area contributed by atoms with Gasteiger partial charge in [-0.2, -0.15) is 4.57 Å². The van der Waals surface area contributed by atoms with Gasteiger partial charge in [0.2, 0.25) is 5.58 Å². The van der Waals surface area contributed by atoms with Crippen LogP contribution in [0.2, 0.25) is 0 Å². The highest BCUT2D eigenvalue weighted by atomic mass is 16.5. The average molecular weight is 305 g/mol. The summed E-state index contributed by atoms with van der Waals surface area (Å²) >= 11 is 0. The van der Waals surface area contributed by atoms with Crippen LogP contribution in [0.15, 0.2) is 70.5 Å². The second kappa shape index (κ2) is 5.32. The summed E-state index contributed by atoms with van der Waals surface area (Å²) in [6, 6.07) is 15.9. The van der Waals surface area contributed by atoms with Crippen LogP contribution in [0.25, 0.3) is 17.2 Å². The van der Waals surface area contributed by atoms with E-state index in [0.29, 0.717) is 0 Å². The monoisotopic (exact) mass is 305 g/mol. The molecule has 2 heterocycles. The van der Waals surface area contributed by atoms with E-state index in [1.54, 1.807) is 0 Å². The topological polar surface area (TPSA) is 38.3 Å². The number of aromatic nitrogens is 1. The van der Waals surface area contributed by atoms with E-state index in [0.717, 1.165) is 39.9 Å². The minimum atomic E-state index is 0.721. The number of fused-ring (bicyclic) bond motifs is 2. The number of benzene rings is 2. The number of hydrogen-bond acceptors (Lipinski definition) is 3. The second-order valence-corrected chi connectivity index (χ2v) is 5.59. The van der Waals surface area contributed by atoms with Crippen LogP contribution in [0.3, 0.4) is 0 Å². The average Bonchev–Trinajstić information content (AvgIpc) is 3.09. The van der Waals surface area contributed by atoms with Crippen molar-refractivity contribution in [1.82, 2.24) is 0 Å². The van der Waals surface area contributed by atoms with Crippen LogP contribution < -0.4 is 14.6 Å². The third kappa shape index (κ3) is 2.48. The van der Waals surface area contributed by atoms with Crippen molar-refractivity contribution >= 4 is 22.9 Å². The lowest BCUT2D eigenvalue weighted by atomic mass is 10.2. The fourth-order valence-electron chi connectivity index (χ4n) is 2.69. The van der Waals surface area contributed by atoms with Crippen LogP contribution in [0, 0.1) is 0 Å². The Morgan fingerprint density at radius 2 is 1.87 bits per heavy atom. The third-order valence-electron chi connectivity index (χ3n) is 3.85. The van der Waals surface area contributed by atoms with Crippen LogP contribution in [0.4, 0.5) is 5.69 Å². The van der Waals surface area contributed by atoms with Gasteiger partial charge in [-0.3, -0.25) is 0 Å². The number of nitrogens with one attached hydrogen (secondary N) is 1. The molecule has 1 aromatic heterocycles. The molecule has 2 aromatic carbocycles. The Hall–Kier alpha value is -3.01. The zero-order valence-corrected chi connectivity index (χ0v) is 13.0. The summed E-state index contributed by atoms with van der Waals surface area (Å²) in [7, 11) is 2.00. The van der Waals surface area contributed by atoms with Gasteiger partial charge in [0.05, 0.1) is 11.8 Å². The molecule has 3 aromatic rings. The molecule has 0 spiro atoms. The number of ether oxygens (including phenoxy) is 1. The molecular formula is C19H17N2O2+. The molecule has 0 saturated carbocycles. The SMILES string of the molecule is CC(=Cc1oc2ccccc2[n+]1C)C=C1Nc2ccccc2O1. The highest BCUT2D eigenvalue weighted by molar-refractivity contribution is 5.70. The van der Waals surface area contributed by atoms with Crippen LogP contribution in [-0.4, -0.2) is 0 Å². The molecule has 4 nitrogen and oxygen atoms in total. The predicted molar refractivity (Wildman–Crippen MR) is 89.8 cm³/mol. The summed E-state index contributed by atoms with van der Waals surface area (Å²) in [5.41, 5.74) is 3.97. The lowest BCUT2D eigenvalue weighted by Gasteiger charge is -1.98. The first-order valence-electron chi connectivity index (χ1n) is 7.52. The van der Waals surface area contributed by atoms with E-state index < -0.39 is 0 Å². The summed E-state index contributed by atoms with van der Waals surface area (Å²) in [6.45, 7) is 2.02. The van der Waals surface area contributed by atoms with Crippen molar-refractivity contribution in [2.75, 3.05) is 5.32 Å². The summed E-state index contributed by atoms with van der Waals surface area (Å²) in [5.74, 6) is 2.37. The summed E-state index contributed by atoms with van der Waals surface area (Å²) in [6.07, 6.45) is 3.97. The first kappa shape index (κ1) is 13.6. The molecule has 1 aliphatic heterocycles. The summed E-state index contributed by atoms with van der Waals surface area (Å²) in [5, 5.41) is 3.25. The minimum absolute atomic E-state index is 0.721. The molecule has 0 saturated heterocycles. The Balaban J connectivity index is 1.64. The van der Waals surface area contributed by atoms with Gasteiger partial charge in [-0.05, 0) is 30.7 Å². The minimum Gasteiger partial charge on any atom is -0.439 e. The molecule has 1 aliphatic rings. The van der Waals surface area contributed by atoms with Gasteiger partial charge in [0.15, 0.2) is 11.6 Å². The Morgan fingerprint density at radius 3 is 2.70 bits per heavy atom. The van der Waals surface area contributed by atoms with Crippen molar-refractivity contribution in [3.05, 3.63) is 72.0 Å². The van der Waals surface area contributed by atoms with E-state index in [4.69, 9.17) is 9.15 Å². The molecule has 1 N–H and O–H groups in total. The standard InChI is InChI=1S/C19H16N2O2/c1-13(11-18-20-14-7-3-5-9-16(14)22-18)12-19-21(2)15-8-4-6-10-17(15)23-19/h3-12H,1-2H3/p+1. The largest absolute Gasteiger partial charge is 0.439 e. The maximum atomic E-state index is 5.89. The Bertz CT molecular complexity index is 924. The lowest BCUT2D eigenvalue weighted by Crippen LogP contribution is -2.29. The van der Waals surface area contributed by atoms with E-state index >= 15 is 0 Å². The maximum Gasteiger partial charge on any atom is 0.374 e. The summed E-state index contributed by atoms with van der Waals surface area (Å²) in [4.78, 5) is 0. The molecule has 0 atom stereocenters. The quantitative estimate of drug-likeness (QED) is 0.727. The normalized spacial score (nSPS) is 15.6. The molecule has 0 fully saturated rings. The number of para-hydroxylation sites is 4. The van der Waals surface area contributed by atoms with Crippen LogP contribution >= 0.6 is 0 Å². The summed E-state index contributed by atoms with van der Waals surface area (Å²) < 4.78 is 13.7. The molecule has 0 radical (unpaired) electrons. The van der Waals surface area contributed by atoms with Crippen LogP contribution in [0.5, 0.6) is 5.75 Å². The molecular weight excluding hydrogens is 288 g/mol. The first-order valence-corrected chi connectivity index (χ1v) is 7.52. The Kier molecular flexibility index (Phi) is 3.15. The van der Waals surface area contributed by atoms with Gasteiger partial charge < -0.3 is 14.5 Å². The molecule has 4 rings (SSSR count). The third-order valence-corrected chi connectivity index (χ3v) is 3.85. The van der Waals surface area contributed by atoms with Gasteiger partial charge in [-0.1, -0.05) is 24.3 Å². The highest BCUT2D eigenvalue weighted by Gasteiger charge is 2.18. The molecule has 0 bridgehead atoms. The lowest BCUT2D eigenvalue weighted by molar-refractivity contribution is -0.652. The number of rotatable bonds is 2. The van der Waals surface area contributed by atoms with E-state index in [9.17, 15) is 0 Å². The smallest absolute Gasteiger partial charge is 0.374 e. The molecule has 23 heavy (non-hydrogen) atoms. The second-order valence-electron chi connectivity index (χ2n) is 5.59. The van der Waals surface area contributed by atoms with Crippen molar-refractivity contribution in [3.63, 3.8) is 0 Å². The van der Waals surface area contributed by atoms with E-state index in [2.05, 4.69) is 5.32 Å². The number of aryl methyl sites for hydroxylation is 1. The molecule has 0 unspecified atom stereocenters. The fraction of sp³-hybridized carbons (Fsp3) is 0.105. The van der Waals surface area contributed by atoms with Gasteiger partial charge >= 0.3 is 5.89 Å². The van der Waals surface area contributed by atoms with E-state index in [1.165, 1.54) is 0 Å². The van der Waals surface area contributed by atoms with Crippen molar-refractivity contribution in [3.8, 4) is 5.75 Å². The van der Waals surface area contributed by atoms with Crippen molar-refractivity contribution in [2.45, 2.75) is 6.92 Å². The molecule has 114 valence electrons.